The van der Waals surface area contributed by atoms with Crippen molar-refractivity contribution in [1.82, 2.24) is 20.1 Å². The molecule has 2 unspecified atom stereocenters. The van der Waals surface area contributed by atoms with Crippen molar-refractivity contribution in [3.8, 4) is 0 Å². The number of aryl methyl sites for hydroxylation is 1. The summed E-state index contributed by atoms with van der Waals surface area (Å²) in [6, 6.07) is 0.323. The fourth-order valence-electron chi connectivity index (χ4n) is 2.53. The van der Waals surface area contributed by atoms with Gasteiger partial charge in [-0.05, 0) is 25.8 Å². The molecule has 0 saturated carbocycles. The number of rotatable bonds is 1. The van der Waals surface area contributed by atoms with Crippen molar-refractivity contribution in [2.24, 2.45) is 0 Å². The molecule has 1 aromatic heterocycles. The van der Waals surface area contributed by atoms with Crippen molar-refractivity contribution in [1.29, 1.82) is 0 Å². The van der Waals surface area contributed by atoms with Gasteiger partial charge in [0.15, 0.2) is 5.82 Å². The van der Waals surface area contributed by atoms with Gasteiger partial charge in [0, 0.05) is 13.0 Å². The van der Waals surface area contributed by atoms with Gasteiger partial charge in [-0.2, -0.15) is 5.10 Å². The molecule has 0 spiro atoms. The Morgan fingerprint density at radius 1 is 1.31 bits per heavy atom. The first-order chi connectivity index (χ1) is 7.83. The van der Waals surface area contributed by atoms with Gasteiger partial charge in [-0.25, -0.2) is 9.67 Å². The van der Waals surface area contributed by atoms with Gasteiger partial charge in [0.2, 0.25) is 0 Å². The number of aliphatic hydroxyl groups is 1. The molecular weight excluding hydrogens is 204 g/mol. The highest BCUT2D eigenvalue weighted by Crippen LogP contribution is 2.22. The van der Waals surface area contributed by atoms with Crippen LogP contribution in [0.2, 0.25) is 0 Å². The molecule has 5 nitrogen and oxygen atoms in total. The molecule has 3 heterocycles. The molecule has 88 valence electrons. The lowest BCUT2D eigenvalue weighted by Gasteiger charge is -2.20. The van der Waals surface area contributed by atoms with E-state index in [9.17, 15) is 5.11 Å². The summed E-state index contributed by atoms with van der Waals surface area (Å²) in [4.78, 5) is 4.55. The summed E-state index contributed by atoms with van der Waals surface area (Å²) in [5.41, 5.74) is 0. The SMILES string of the molecule is OC1CCn2nc(C3CCCCN3)nc2C1. The third-order valence-electron chi connectivity index (χ3n) is 3.48. The standard InChI is InChI=1S/C11H18N4O/c16-8-4-6-15-10(7-8)13-11(14-15)9-3-1-2-5-12-9/h8-9,12,16H,1-7H2. The van der Waals surface area contributed by atoms with Crippen LogP contribution in [-0.2, 0) is 13.0 Å². The number of hydrogen-bond acceptors (Lipinski definition) is 4. The van der Waals surface area contributed by atoms with Crippen LogP contribution in [0.15, 0.2) is 0 Å². The van der Waals surface area contributed by atoms with Gasteiger partial charge in [-0.15, -0.1) is 0 Å². The van der Waals surface area contributed by atoms with Crippen LogP contribution >= 0.6 is 0 Å². The fraction of sp³-hybridized carbons (Fsp3) is 0.818. The van der Waals surface area contributed by atoms with Crippen molar-refractivity contribution in [2.45, 2.75) is 50.8 Å². The highest BCUT2D eigenvalue weighted by atomic mass is 16.3. The van der Waals surface area contributed by atoms with Crippen LogP contribution in [0.3, 0.4) is 0 Å². The van der Waals surface area contributed by atoms with Gasteiger partial charge >= 0.3 is 0 Å². The largest absolute Gasteiger partial charge is 0.393 e. The third kappa shape index (κ3) is 1.85. The summed E-state index contributed by atoms with van der Waals surface area (Å²) in [6.45, 7) is 1.87. The molecule has 0 bridgehead atoms. The molecule has 5 heteroatoms. The molecular formula is C11H18N4O. The molecule has 0 radical (unpaired) electrons. The Hall–Kier alpha value is -0.940. The first-order valence-corrected chi connectivity index (χ1v) is 6.18. The van der Waals surface area contributed by atoms with Crippen LogP contribution in [0.5, 0.6) is 0 Å². The molecule has 2 aliphatic heterocycles. The average molecular weight is 222 g/mol. The van der Waals surface area contributed by atoms with Gasteiger partial charge in [0.25, 0.3) is 0 Å². The Kier molecular flexibility index (Phi) is 2.65. The van der Waals surface area contributed by atoms with E-state index in [0.717, 1.165) is 37.6 Å². The monoisotopic (exact) mass is 222 g/mol. The highest BCUT2D eigenvalue weighted by molar-refractivity contribution is 5.02. The highest BCUT2D eigenvalue weighted by Gasteiger charge is 2.24. The van der Waals surface area contributed by atoms with Crippen LogP contribution in [0.1, 0.15) is 43.4 Å². The Morgan fingerprint density at radius 3 is 3.06 bits per heavy atom. The van der Waals surface area contributed by atoms with E-state index < -0.39 is 0 Å². The number of nitrogens with zero attached hydrogens (tertiary/aromatic N) is 3. The number of nitrogens with one attached hydrogen (secondary N) is 1. The molecule has 2 atom stereocenters. The van der Waals surface area contributed by atoms with Crippen molar-refractivity contribution in [2.75, 3.05) is 6.54 Å². The zero-order valence-corrected chi connectivity index (χ0v) is 9.39. The first-order valence-electron chi connectivity index (χ1n) is 6.18. The predicted molar refractivity (Wildman–Crippen MR) is 58.9 cm³/mol. The summed E-state index contributed by atoms with van der Waals surface area (Å²) >= 11 is 0. The maximum absolute atomic E-state index is 9.58. The van der Waals surface area contributed by atoms with E-state index >= 15 is 0 Å². The third-order valence-corrected chi connectivity index (χ3v) is 3.48. The quantitative estimate of drug-likeness (QED) is 0.722. The smallest absolute Gasteiger partial charge is 0.167 e. The lowest BCUT2D eigenvalue weighted by molar-refractivity contribution is 0.138. The van der Waals surface area contributed by atoms with Gasteiger partial charge in [-0.3, -0.25) is 0 Å². The first kappa shape index (κ1) is 10.2. The molecule has 16 heavy (non-hydrogen) atoms. The molecule has 1 fully saturated rings. The van der Waals surface area contributed by atoms with Crippen molar-refractivity contribution in [3.05, 3.63) is 11.6 Å². The summed E-state index contributed by atoms with van der Waals surface area (Å²) in [6.07, 6.45) is 4.86. The zero-order valence-electron chi connectivity index (χ0n) is 9.39. The van der Waals surface area contributed by atoms with Crippen LogP contribution in [0.4, 0.5) is 0 Å². The second-order valence-electron chi connectivity index (χ2n) is 4.76. The molecule has 1 saturated heterocycles. The second-order valence-corrected chi connectivity index (χ2v) is 4.76. The molecule has 0 aromatic carbocycles. The van der Waals surface area contributed by atoms with Crippen molar-refractivity contribution in [3.63, 3.8) is 0 Å². The van der Waals surface area contributed by atoms with Gasteiger partial charge in [-0.1, -0.05) is 6.42 Å². The van der Waals surface area contributed by atoms with E-state index in [1.165, 1.54) is 12.8 Å². The predicted octanol–water partition coefficient (Wildman–Crippen LogP) is 0.400. The minimum atomic E-state index is -0.233. The molecule has 0 aliphatic carbocycles. The Labute approximate surface area is 94.9 Å². The Balaban J connectivity index is 1.80. The maximum atomic E-state index is 9.58. The van der Waals surface area contributed by atoms with E-state index in [4.69, 9.17) is 0 Å². The van der Waals surface area contributed by atoms with E-state index in [1.54, 1.807) is 0 Å². The topological polar surface area (TPSA) is 63.0 Å². The van der Waals surface area contributed by atoms with Crippen molar-refractivity contribution >= 4 is 0 Å². The summed E-state index contributed by atoms with van der Waals surface area (Å²) < 4.78 is 1.96. The zero-order chi connectivity index (χ0) is 11.0. The fourth-order valence-corrected chi connectivity index (χ4v) is 2.53. The summed E-state index contributed by atoms with van der Waals surface area (Å²) in [7, 11) is 0. The van der Waals surface area contributed by atoms with E-state index in [1.807, 2.05) is 4.68 Å². The molecule has 2 N–H and O–H groups in total. The van der Waals surface area contributed by atoms with Gasteiger partial charge in [0.1, 0.15) is 5.82 Å². The molecule has 1 aromatic rings. The Bertz CT molecular complexity index is 370. The van der Waals surface area contributed by atoms with Crippen molar-refractivity contribution < 1.29 is 5.11 Å². The van der Waals surface area contributed by atoms with E-state index in [-0.39, 0.29) is 6.10 Å². The van der Waals surface area contributed by atoms with Gasteiger partial charge in [0.05, 0.1) is 12.1 Å². The maximum Gasteiger partial charge on any atom is 0.167 e. The van der Waals surface area contributed by atoms with Crippen LogP contribution in [0.25, 0.3) is 0 Å². The van der Waals surface area contributed by atoms with E-state index in [0.29, 0.717) is 12.5 Å². The summed E-state index contributed by atoms with van der Waals surface area (Å²) in [5, 5.41) is 17.6. The lowest BCUT2D eigenvalue weighted by Crippen LogP contribution is -2.27. The number of piperidine rings is 1. The van der Waals surface area contributed by atoms with Crippen LogP contribution in [-0.4, -0.2) is 32.5 Å². The lowest BCUT2D eigenvalue weighted by atomic mass is 10.0. The van der Waals surface area contributed by atoms with Crippen LogP contribution < -0.4 is 5.32 Å². The second kappa shape index (κ2) is 4.14. The number of aliphatic hydroxyl groups excluding tert-OH is 1. The summed E-state index contributed by atoms with van der Waals surface area (Å²) in [5.74, 6) is 1.87. The van der Waals surface area contributed by atoms with E-state index in [2.05, 4.69) is 15.4 Å². The number of hydrogen-bond donors (Lipinski definition) is 2. The molecule has 0 amide bonds. The average Bonchev–Trinajstić information content (AvgIpc) is 2.73. The van der Waals surface area contributed by atoms with Crippen LogP contribution in [0, 0.1) is 0 Å². The Morgan fingerprint density at radius 2 is 2.25 bits per heavy atom. The molecule has 2 aliphatic rings. The normalized spacial score (nSPS) is 30.1. The minimum absolute atomic E-state index is 0.233. The number of fused-ring (bicyclic) bond motifs is 1. The molecule has 3 rings (SSSR count). The van der Waals surface area contributed by atoms with Gasteiger partial charge < -0.3 is 10.4 Å². The minimum Gasteiger partial charge on any atom is -0.393 e. The number of aromatic nitrogens is 3.